The molecule has 2 amide bonds. The van der Waals surface area contributed by atoms with Gasteiger partial charge in [-0.3, -0.25) is 9.59 Å². The second-order valence-corrected chi connectivity index (χ2v) is 5.29. The van der Waals surface area contributed by atoms with E-state index in [0.29, 0.717) is 19.5 Å². The molecule has 2 saturated heterocycles. The summed E-state index contributed by atoms with van der Waals surface area (Å²) in [5.74, 6) is -1.65. The molecule has 2 heterocycles. The summed E-state index contributed by atoms with van der Waals surface area (Å²) in [7, 11) is 0. The minimum absolute atomic E-state index is 0.128. The summed E-state index contributed by atoms with van der Waals surface area (Å²) in [4.78, 5) is 36.4. The van der Waals surface area contributed by atoms with E-state index in [-0.39, 0.29) is 18.2 Å². The minimum Gasteiger partial charge on any atom is -0.480 e. The normalized spacial score (nSPS) is 28.4. The first kappa shape index (κ1) is 13.8. The van der Waals surface area contributed by atoms with E-state index in [2.05, 4.69) is 5.32 Å². The molecule has 2 fully saturated rings. The molecule has 0 aliphatic carbocycles. The van der Waals surface area contributed by atoms with Gasteiger partial charge < -0.3 is 15.3 Å². The topological polar surface area (TPSA) is 86.7 Å². The zero-order valence-electron chi connectivity index (χ0n) is 10.9. The summed E-state index contributed by atoms with van der Waals surface area (Å²) in [5.41, 5.74) is 0. The molecule has 106 valence electrons. The summed E-state index contributed by atoms with van der Waals surface area (Å²) < 4.78 is 0. The van der Waals surface area contributed by atoms with E-state index in [1.165, 1.54) is 4.90 Å². The minimum atomic E-state index is -0.937. The lowest BCUT2D eigenvalue weighted by Crippen LogP contribution is -2.48. The Balaban J connectivity index is 2.09. The fraction of sp³-hybridized carbons (Fsp3) is 0.769. The van der Waals surface area contributed by atoms with E-state index in [1.807, 2.05) is 0 Å². The van der Waals surface area contributed by atoms with Crippen LogP contribution in [0.2, 0.25) is 0 Å². The molecular formula is C13H20N2O4. The standard InChI is InChI=1S/C13H20N2O4/c16-11-7-9(8-14-11)12(17)15-6-4-2-1-3-5-10(15)13(18)19/h9-10H,1-8H2,(H,14,16)(H,18,19). The van der Waals surface area contributed by atoms with Crippen LogP contribution in [-0.4, -0.2) is 46.9 Å². The third-order valence-electron chi connectivity index (χ3n) is 3.90. The number of carboxylic acids is 1. The number of hydrogen-bond donors (Lipinski definition) is 2. The molecule has 6 nitrogen and oxygen atoms in total. The van der Waals surface area contributed by atoms with Crippen LogP contribution in [-0.2, 0) is 14.4 Å². The van der Waals surface area contributed by atoms with Crippen LogP contribution in [0, 0.1) is 5.92 Å². The Morgan fingerprint density at radius 2 is 1.95 bits per heavy atom. The summed E-state index contributed by atoms with van der Waals surface area (Å²) in [6, 6.07) is -0.733. The van der Waals surface area contributed by atoms with E-state index in [0.717, 1.165) is 25.7 Å². The number of likely N-dealkylation sites (tertiary alicyclic amines) is 1. The molecule has 0 saturated carbocycles. The van der Waals surface area contributed by atoms with Gasteiger partial charge in [0.2, 0.25) is 11.8 Å². The van der Waals surface area contributed by atoms with E-state index < -0.39 is 17.9 Å². The average Bonchev–Trinajstić information content (AvgIpc) is 2.74. The van der Waals surface area contributed by atoms with Crippen molar-refractivity contribution in [2.45, 2.75) is 44.6 Å². The number of carbonyl (C=O) groups is 3. The highest BCUT2D eigenvalue weighted by atomic mass is 16.4. The van der Waals surface area contributed by atoms with Gasteiger partial charge in [0.05, 0.1) is 5.92 Å². The van der Waals surface area contributed by atoms with Crippen molar-refractivity contribution in [2.75, 3.05) is 13.1 Å². The van der Waals surface area contributed by atoms with Crippen LogP contribution in [0.15, 0.2) is 0 Å². The zero-order chi connectivity index (χ0) is 13.8. The van der Waals surface area contributed by atoms with Crippen LogP contribution in [0.25, 0.3) is 0 Å². The molecule has 0 aromatic rings. The van der Waals surface area contributed by atoms with Crippen molar-refractivity contribution < 1.29 is 19.5 Å². The fourth-order valence-corrected chi connectivity index (χ4v) is 2.82. The number of aliphatic carboxylic acids is 1. The number of hydrogen-bond acceptors (Lipinski definition) is 3. The lowest BCUT2D eigenvalue weighted by atomic mass is 9.99. The third kappa shape index (κ3) is 3.24. The smallest absolute Gasteiger partial charge is 0.326 e. The van der Waals surface area contributed by atoms with Gasteiger partial charge >= 0.3 is 5.97 Å². The maximum Gasteiger partial charge on any atom is 0.326 e. The Morgan fingerprint density at radius 1 is 1.21 bits per heavy atom. The molecule has 2 aliphatic heterocycles. The van der Waals surface area contributed by atoms with E-state index in [1.54, 1.807) is 0 Å². The number of nitrogens with zero attached hydrogens (tertiary/aromatic N) is 1. The lowest BCUT2D eigenvalue weighted by Gasteiger charge is -2.32. The largest absolute Gasteiger partial charge is 0.480 e. The van der Waals surface area contributed by atoms with Gasteiger partial charge in [0.1, 0.15) is 6.04 Å². The summed E-state index contributed by atoms with van der Waals surface area (Å²) in [5, 5.41) is 11.9. The van der Waals surface area contributed by atoms with Crippen LogP contribution >= 0.6 is 0 Å². The molecule has 2 N–H and O–H groups in total. The predicted octanol–water partition coefficient (Wildman–Crippen LogP) is 0.368. The van der Waals surface area contributed by atoms with Crippen molar-refractivity contribution in [1.82, 2.24) is 10.2 Å². The number of carbonyl (C=O) groups excluding carboxylic acids is 2. The highest BCUT2D eigenvalue weighted by Crippen LogP contribution is 2.21. The summed E-state index contributed by atoms with van der Waals surface area (Å²) >= 11 is 0. The van der Waals surface area contributed by atoms with Gasteiger partial charge in [-0.15, -0.1) is 0 Å². The molecule has 0 bridgehead atoms. The van der Waals surface area contributed by atoms with Gasteiger partial charge in [-0.2, -0.15) is 0 Å². The molecule has 0 aromatic carbocycles. The van der Waals surface area contributed by atoms with Crippen molar-refractivity contribution in [2.24, 2.45) is 5.92 Å². The second-order valence-electron chi connectivity index (χ2n) is 5.29. The fourth-order valence-electron chi connectivity index (χ4n) is 2.82. The molecule has 6 heteroatoms. The number of carboxylic acid groups (broad SMARTS) is 1. The molecular weight excluding hydrogens is 248 g/mol. The van der Waals surface area contributed by atoms with E-state index in [9.17, 15) is 19.5 Å². The Bertz CT molecular complexity index is 383. The highest BCUT2D eigenvalue weighted by Gasteiger charge is 2.36. The Morgan fingerprint density at radius 3 is 2.58 bits per heavy atom. The number of nitrogens with one attached hydrogen (secondary N) is 1. The molecule has 2 atom stereocenters. The van der Waals surface area contributed by atoms with Crippen LogP contribution in [0.3, 0.4) is 0 Å². The van der Waals surface area contributed by atoms with Crippen molar-refractivity contribution in [3.63, 3.8) is 0 Å². The Hall–Kier alpha value is -1.59. The first-order valence-electron chi connectivity index (χ1n) is 6.89. The maximum atomic E-state index is 12.4. The third-order valence-corrected chi connectivity index (χ3v) is 3.90. The van der Waals surface area contributed by atoms with Gasteiger partial charge in [0.15, 0.2) is 0 Å². The van der Waals surface area contributed by atoms with E-state index >= 15 is 0 Å². The van der Waals surface area contributed by atoms with Crippen LogP contribution in [0.5, 0.6) is 0 Å². The molecule has 0 aromatic heterocycles. The second kappa shape index (κ2) is 6.04. The molecule has 19 heavy (non-hydrogen) atoms. The van der Waals surface area contributed by atoms with Crippen molar-refractivity contribution in [1.29, 1.82) is 0 Å². The number of rotatable bonds is 2. The number of amides is 2. The van der Waals surface area contributed by atoms with Crippen LogP contribution in [0.4, 0.5) is 0 Å². The van der Waals surface area contributed by atoms with Crippen molar-refractivity contribution >= 4 is 17.8 Å². The molecule has 2 rings (SSSR count). The zero-order valence-corrected chi connectivity index (χ0v) is 10.9. The quantitative estimate of drug-likeness (QED) is 0.757. The molecule has 2 aliphatic rings. The van der Waals surface area contributed by atoms with E-state index in [4.69, 9.17) is 0 Å². The molecule has 0 radical (unpaired) electrons. The van der Waals surface area contributed by atoms with Gasteiger partial charge in [-0.05, 0) is 12.8 Å². The molecule has 2 unspecified atom stereocenters. The van der Waals surface area contributed by atoms with Gasteiger partial charge in [-0.1, -0.05) is 19.3 Å². The summed E-state index contributed by atoms with van der Waals surface area (Å²) in [6.07, 6.45) is 4.41. The van der Waals surface area contributed by atoms with Gasteiger partial charge in [-0.25, -0.2) is 4.79 Å². The first-order chi connectivity index (χ1) is 9.09. The van der Waals surface area contributed by atoms with Crippen molar-refractivity contribution in [3.8, 4) is 0 Å². The lowest BCUT2D eigenvalue weighted by molar-refractivity contribution is -0.152. The molecule has 0 spiro atoms. The highest BCUT2D eigenvalue weighted by molar-refractivity contribution is 5.91. The average molecular weight is 268 g/mol. The monoisotopic (exact) mass is 268 g/mol. The van der Waals surface area contributed by atoms with Crippen LogP contribution < -0.4 is 5.32 Å². The SMILES string of the molecule is O=C1CC(C(=O)N2CCCCCCC2C(=O)O)CN1. The summed E-state index contributed by atoms with van der Waals surface area (Å²) in [6.45, 7) is 0.820. The van der Waals surface area contributed by atoms with Gasteiger partial charge in [0.25, 0.3) is 0 Å². The van der Waals surface area contributed by atoms with Crippen LogP contribution in [0.1, 0.15) is 38.5 Å². The first-order valence-corrected chi connectivity index (χ1v) is 6.89. The Labute approximate surface area is 112 Å². The Kier molecular flexibility index (Phi) is 4.39. The van der Waals surface area contributed by atoms with Gasteiger partial charge in [0, 0.05) is 19.5 Å². The van der Waals surface area contributed by atoms with Crippen molar-refractivity contribution in [3.05, 3.63) is 0 Å². The maximum absolute atomic E-state index is 12.4. The predicted molar refractivity (Wildman–Crippen MR) is 67.3 cm³/mol.